The van der Waals surface area contributed by atoms with E-state index in [0.29, 0.717) is 6.04 Å². The van der Waals surface area contributed by atoms with Gasteiger partial charge in [-0.2, -0.15) is 0 Å². The molecule has 0 saturated carbocycles. The van der Waals surface area contributed by atoms with Gasteiger partial charge in [-0.25, -0.2) is 4.98 Å². The molecule has 3 aliphatic rings. The van der Waals surface area contributed by atoms with E-state index in [9.17, 15) is 0 Å². The summed E-state index contributed by atoms with van der Waals surface area (Å²) in [6, 6.07) is 6.38. The van der Waals surface area contributed by atoms with Crippen LogP contribution < -0.4 is 5.32 Å². The zero-order chi connectivity index (χ0) is 15.5. The normalized spacial score (nSPS) is 30.8. The largest absolute Gasteiger partial charge is 0.381 e. The highest BCUT2D eigenvalue weighted by atomic mass is 16.5. The van der Waals surface area contributed by atoms with Gasteiger partial charge in [0.1, 0.15) is 5.82 Å². The number of piperidine rings is 1. The summed E-state index contributed by atoms with van der Waals surface area (Å²) >= 11 is 0. The van der Waals surface area contributed by atoms with Crippen molar-refractivity contribution in [3.63, 3.8) is 0 Å². The Morgan fingerprint density at radius 1 is 1.26 bits per heavy atom. The Morgan fingerprint density at radius 3 is 2.91 bits per heavy atom. The van der Waals surface area contributed by atoms with Crippen molar-refractivity contribution in [2.24, 2.45) is 5.92 Å². The maximum atomic E-state index is 6.24. The number of hydrogen-bond donors (Lipinski definition) is 1. The first-order valence-electron chi connectivity index (χ1n) is 8.93. The van der Waals surface area contributed by atoms with Gasteiger partial charge >= 0.3 is 0 Å². The molecule has 4 rings (SSSR count). The van der Waals surface area contributed by atoms with Gasteiger partial charge in [-0.05, 0) is 43.7 Å². The Balaban J connectivity index is 1.26. The third-order valence-electron chi connectivity index (χ3n) is 5.53. The lowest BCUT2D eigenvalue weighted by Crippen LogP contribution is -2.45. The van der Waals surface area contributed by atoms with Gasteiger partial charge in [0.25, 0.3) is 0 Å². The molecule has 5 heteroatoms. The van der Waals surface area contributed by atoms with E-state index in [4.69, 9.17) is 9.47 Å². The maximum Gasteiger partial charge on any atom is 0.126 e. The highest BCUT2D eigenvalue weighted by Gasteiger charge is 2.43. The van der Waals surface area contributed by atoms with E-state index in [1.807, 2.05) is 24.4 Å². The SMILES string of the molecule is c1ccc(NC2COC3(CCN(CC4CCOC4)CC3)C2)nc1. The van der Waals surface area contributed by atoms with Gasteiger partial charge in [0, 0.05) is 32.4 Å². The number of ether oxygens (including phenoxy) is 2. The first-order chi connectivity index (χ1) is 11.3. The van der Waals surface area contributed by atoms with Gasteiger partial charge in [-0.1, -0.05) is 6.07 Å². The summed E-state index contributed by atoms with van der Waals surface area (Å²) in [5.41, 5.74) is 0.0924. The summed E-state index contributed by atoms with van der Waals surface area (Å²) in [6.45, 7) is 6.22. The number of nitrogens with one attached hydrogen (secondary N) is 1. The monoisotopic (exact) mass is 317 g/mol. The number of rotatable bonds is 4. The summed E-state index contributed by atoms with van der Waals surface area (Å²) in [7, 11) is 0. The molecule has 0 bridgehead atoms. The van der Waals surface area contributed by atoms with E-state index in [0.717, 1.165) is 63.9 Å². The molecule has 1 aromatic heterocycles. The lowest BCUT2D eigenvalue weighted by Gasteiger charge is -2.39. The molecule has 1 spiro atoms. The molecule has 23 heavy (non-hydrogen) atoms. The average Bonchev–Trinajstić information content (AvgIpc) is 3.22. The van der Waals surface area contributed by atoms with Crippen LogP contribution in [0.1, 0.15) is 25.7 Å². The average molecular weight is 317 g/mol. The molecule has 4 heterocycles. The smallest absolute Gasteiger partial charge is 0.126 e. The minimum Gasteiger partial charge on any atom is -0.381 e. The molecule has 5 nitrogen and oxygen atoms in total. The lowest BCUT2D eigenvalue weighted by molar-refractivity contribution is -0.0456. The molecule has 3 aliphatic heterocycles. The van der Waals surface area contributed by atoms with Crippen molar-refractivity contribution >= 4 is 5.82 Å². The second kappa shape index (κ2) is 6.75. The highest BCUT2D eigenvalue weighted by Crippen LogP contribution is 2.37. The van der Waals surface area contributed by atoms with Crippen LogP contribution in [0.5, 0.6) is 0 Å². The van der Waals surface area contributed by atoms with E-state index < -0.39 is 0 Å². The number of likely N-dealkylation sites (tertiary alicyclic amines) is 1. The van der Waals surface area contributed by atoms with Gasteiger partial charge in [0.15, 0.2) is 0 Å². The molecule has 0 amide bonds. The van der Waals surface area contributed by atoms with Crippen LogP contribution >= 0.6 is 0 Å². The Labute approximate surface area is 138 Å². The molecule has 1 aromatic rings. The summed E-state index contributed by atoms with van der Waals surface area (Å²) in [5, 5.41) is 3.52. The van der Waals surface area contributed by atoms with E-state index in [1.165, 1.54) is 13.0 Å². The summed E-state index contributed by atoms with van der Waals surface area (Å²) in [6.07, 6.45) is 6.47. The first kappa shape index (κ1) is 15.4. The van der Waals surface area contributed by atoms with Crippen molar-refractivity contribution in [2.75, 3.05) is 44.8 Å². The Bertz CT molecular complexity index is 496. The van der Waals surface area contributed by atoms with Crippen LogP contribution in [-0.4, -0.2) is 61.0 Å². The number of aromatic nitrogens is 1. The summed E-state index contributed by atoms with van der Waals surface area (Å²) < 4.78 is 11.7. The number of anilines is 1. The molecule has 126 valence electrons. The van der Waals surface area contributed by atoms with Gasteiger partial charge < -0.3 is 19.7 Å². The fourth-order valence-electron chi connectivity index (χ4n) is 4.18. The van der Waals surface area contributed by atoms with Crippen LogP contribution in [0.25, 0.3) is 0 Å². The third-order valence-corrected chi connectivity index (χ3v) is 5.53. The molecule has 0 aromatic carbocycles. The zero-order valence-electron chi connectivity index (χ0n) is 13.7. The first-order valence-corrected chi connectivity index (χ1v) is 8.93. The molecule has 3 saturated heterocycles. The third kappa shape index (κ3) is 3.67. The Morgan fingerprint density at radius 2 is 2.17 bits per heavy atom. The quantitative estimate of drug-likeness (QED) is 0.922. The topological polar surface area (TPSA) is 46.6 Å². The maximum absolute atomic E-state index is 6.24. The van der Waals surface area contributed by atoms with Crippen LogP contribution in [0.15, 0.2) is 24.4 Å². The molecule has 3 fully saturated rings. The van der Waals surface area contributed by atoms with E-state index in [-0.39, 0.29) is 5.60 Å². The molecular formula is C18H27N3O2. The molecule has 2 atom stereocenters. The predicted octanol–water partition coefficient (Wildman–Crippen LogP) is 2.15. The van der Waals surface area contributed by atoms with Gasteiger partial charge in [-0.3, -0.25) is 0 Å². The minimum atomic E-state index is 0.0924. The van der Waals surface area contributed by atoms with Crippen LogP contribution in [0.2, 0.25) is 0 Å². The fourth-order valence-corrected chi connectivity index (χ4v) is 4.18. The Kier molecular flexibility index (Phi) is 4.51. The second-order valence-corrected chi connectivity index (χ2v) is 7.28. The molecule has 0 radical (unpaired) electrons. The highest BCUT2D eigenvalue weighted by molar-refractivity contribution is 5.35. The van der Waals surface area contributed by atoms with Crippen LogP contribution in [-0.2, 0) is 9.47 Å². The van der Waals surface area contributed by atoms with Crippen molar-refractivity contribution in [3.05, 3.63) is 24.4 Å². The van der Waals surface area contributed by atoms with Crippen LogP contribution in [0.3, 0.4) is 0 Å². The van der Waals surface area contributed by atoms with Crippen molar-refractivity contribution < 1.29 is 9.47 Å². The lowest BCUT2D eigenvalue weighted by atomic mass is 9.87. The molecule has 1 N–H and O–H groups in total. The van der Waals surface area contributed by atoms with Crippen LogP contribution in [0.4, 0.5) is 5.82 Å². The molecule has 0 aliphatic carbocycles. The van der Waals surface area contributed by atoms with Crippen molar-refractivity contribution in [2.45, 2.75) is 37.3 Å². The molecular weight excluding hydrogens is 290 g/mol. The number of pyridine rings is 1. The van der Waals surface area contributed by atoms with Gasteiger partial charge in [0.05, 0.1) is 24.9 Å². The molecule has 2 unspecified atom stereocenters. The number of hydrogen-bond acceptors (Lipinski definition) is 5. The Hall–Kier alpha value is -1.17. The van der Waals surface area contributed by atoms with Crippen LogP contribution in [0, 0.1) is 5.92 Å². The summed E-state index contributed by atoms with van der Waals surface area (Å²) in [4.78, 5) is 6.96. The van der Waals surface area contributed by atoms with Crippen molar-refractivity contribution in [1.29, 1.82) is 0 Å². The van der Waals surface area contributed by atoms with Gasteiger partial charge in [-0.15, -0.1) is 0 Å². The van der Waals surface area contributed by atoms with Crippen molar-refractivity contribution in [1.82, 2.24) is 9.88 Å². The summed E-state index contributed by atoms with van der Waals surface area (Å²) in [5.74, 6) is 1.70. The fraction of sp³-hybridized carbons (Fsp3) is 0.722. The van der Waals surface area contributed by atoms with E-state index in [2.05, 4.69) is 15.2 Å². The standard InChI is InChI=1S/C18H27N3O2/c1-2-7-19-17(3-1)20-16-11-18(23-14-16)5-8-21(9-6-18)12-15-4-10-22-13-15/h1-3,7,15-16H,4-6,8-14H2,(H,19,20). The minimum absolute atomic E-state index is 0.0924. The van der Waals surface area contributed by atoms with Crippen molar-refractivity contribution in [3.8, 4) is 0 Å². The van der Waals surface area contributed by atoms with Gasteiger partial charge in [0.2, 0.25) is 0 Å². The second-order valence-electron chi connectivity index (χ2n) is 7.28. The predicted molar refractivity (Wildman–Crippen MR) is 89.5 cm³/mol. The van der Waals surface area contributed by atoms with E-state index >= 15 is 0 Å². The number of nitrogens with zero attached hydrogens (tertiary/aromatic N) is 2. The zero-order valence-corrected chi connectivity index (χ0v) is 13.7. The van der Waals surface area contributed by atoms with E-state index in [1.54, 1.807) is 0 Å².